The van der Waals surface area contributed by atoms with Crippen LogP contribution in [0.5, 0.6) is 0 Å². The zero-order chi connectivity index (χ0) is 35.0. The van der Waals surface area contributed by atoms with Gasteiger partial charge in [-0.2, -0.15) is 0 Å². The molecule has 2 heterocycles. The monoisotopic (exact) mass is 708 g/mol. The van der Waals surface area contributed by atoms with Crippen LogP contribution in [0.3, 0.4) is 0 Å². The summed E-state index contributed by atoms with van der Waals surface area (Å²) in [7, 11) is 0. The highest BCUT2D eigenvalue weighted by Crippen LogP contribution is 2.58. The van der Waals surface area contributed by atoms with Gasteiger partial charge >= 0.3 is 0 Å². The minimum Gasteiger partial charge on any atom is -0.135 e. The van der Waals surface area contributed by atoms with Gasteiger partial charge in [0, 0.05) is 45.8 Å². The normalized spacial score (nSPS) is 13.6. The van der Waals surface area contributed by atoms with Gasteiger partial charge in [-0.25, -0.2) is 0 Å². The SMILES string of the molecule is CC1(C)c2cc(-c3c4ccccc4c(-c4ccc5c(c4)sc4ccccc45)c4ccccc34)ccc2-c2c1c1ccccc1c1sc3ccccc3c21. The van der Waals surface area contributed by atoms with Gasteiger partial charge in [-0.1, -0.05) is 147 Å². The third kappa shape index (κ3) is 3.95. The number of rotatable bonds is 2. The van der Waals surface area contributed by atoms with Crippen molar-refractivity contribution in [3.8, 4) is 33.4 Å². The van der Waals surface area contributed by atoms with E-state index in [-0.39, 0.29) is 5.41 Å². The van der Waals surface area contributed by atoms with Crippen molar-refractivity contribution < 1.29 is 0 Å². The highest BCUT2D eigenvalue weighted by molar-refractivity contribution is 7.27. The largest absolute Gasteiger partial charge is 0.135 e. The maximum atomic E-state index is 2.53. The highest BCUT2D eigenvalue weighted by atomic mass is 32.1. The Bertz CT molecular complexity index is 3310. The molecule has 9 aromatic carbocycles. The number of benzene rings is 9. The van der Waals surface area contributed by atoms with Gasteiger partial charge in [-0.05, 0) is 101 Å². The molecular weight excluding hydrogens is 677 g/mol. The second kappa shape index (κ2) is 10.6. The van der Waals surface area contributed by atoms with E-state index in [2.05, 4.69) is 172 Å². The Balaban J connectivity index is 1.13. The molecule has 248 valence electrons. The molecule has 2 heteroatoms. The Kier molecular flexibility index (Phi) is 5.97. The summed E-state index contributed by atoms with van der Waals surface area (Å²) in [5.74, 6) is 0. The summed E-state index contributed by atoms with van der Waals surface area (Å²) in [5.41, 5.74) is 10.7. The van der Waals surface area contributed by atoms with E-state index in [0.29, 0.717) is 0 Å². The summed E-state index contributed by atoms with van der Waals surface area (Å²) in [5, 5.41) is 13.4. The van der Waals surface area contributed by atoms with Gasteiger partial charge in [-0.3, -0.25) is 0 Å². The molecule has 0 spiro atoms. The first-order valence-corrected chi connectivity index (χ1v) is 20.1. The Hall–Kier alpha value is -5.80. The van der Waals surface area contributed by atoms with Crippen LogP contribution in [-0.2, 0) is 5.41 Å². The van der Waals surface area contributed by atoms with Crippen LogP contribution in [0.4, 0.5) is 0 Å². The molecule has 12 rings (SSSR count). The van der Waals surface area contributed by atoms with Crippen molar-refractivity contribution in [3.63, 3.8) is 0 Å². The number of fused-ring (bicyclic) bond motifs is 15. The van der Waals surface area contributed by atoms with Gasteiger partial charge in [0.1, 0.15) is 0 Å². The van der Waals surface area contributed by atoms with Gasteiger partial charge in [0.15, 0.2) is 0 Å². The number of hydrogen-bond donors (Lipinski definition) is 0. The molecule has 11 aromatic rings. The first kappa shape index (κ1) is 29.7. The van der Waals surface area contributed by atoms with E-state index in [9.17, 15) is 0 Å². The summed E-state index contributed by atoms with van der Waals surface area (Å²) in [6.07, 6.45) is 0. The molecule has 0 saturated carbocycles. The fourth-order valence-electron chi connectivity index (χ4n) is 9.76. The zero-order valence-corrected chi connectivity index (χ0v) is 31.0. The van der Waals surface area contributed by atoms with Crippen LogP contribution in [0.15, 0.2) is 158 Å². The Morgan fingerprint density at radius 2 is 0.868 bits per heavy atom. The van der Waals surface area contributed by atoms with Crippen LogP contribution >= 0.6 is 22.7 Å². The molecule has 0 atom stereocenters. The van der Waals surface area contributed by atoms with Crippen molar-refractivity contribution >= 4 is 95.3 Å². The molecule has 0 bridgehead atoms. The lowest BCUT2D eigenvalue weighted by Gasteiger charge is -2.24. The smallest absolute Gasteiger partial charge is 0.0440 e. The predicted molar refractivity (Wildman–Crippen MR) is 233 cm³/mol. The summed E-state index contributed by atoms with van der Waals surface area (Å²) >= 11 is 3.83. The van der Waals surface area contributed by atoms with Gasteiger partial charge in [0.25, 0.3) is 0 Å². The first-order valence-electron chi connectivity index (χ1n) is 18.4. The quantitative estimate of drug-likeness (QED) is 0.157. The van der Waals surface area contributed by atoms with Crippen LogP contribution in [0.2, 0.25) is 0 Å². The lowest BCUT2D eigenvalue weighted by Crippen LogP contribution is -2.15. The van der Waals surface area contributed by atoms with Crippen molar-refractivity contribution in [2.24, 2.45) is 0 Å². The topological polar surface area (TPSA) is 0 Å². The second-order valence-electron chi connectivity index (χ2n) is 15.1. The van der Waals surface area contributed by atoms with Crippen molar-refractivity contribution in [1.29, 1.82) is 0 Å². The van der Waals surface area contributed by atoms with Crippen molar-refractivity contribution in [3.05, 3.63) is 169 Å². The van der Waals surface area contributed by atoms with E-state index in [1.54, 1.807) is 0 Å². The van der Waals surface area contributed by atoms with Crippen LogP contribution in [-0.4, -0.2) is 0 Å². The molecule has 2 aromatic heterocycles. The molecule has 53 heavy (non-hydrogen) atoms. The number of thiophene rings is 2. The van der Waals surface area contributed by atoms with E-state index in [0.717, 1.165) is 0 Å². The maximum absolute atomic E-state index is 2.53. The molecule has 1 aliphatic rings. The lowest BCUT2D eigenvalue weighted by molar-refractivity contribution is 0.667. The summed E-state index contributed by atoms with van der Waals surface area (Å²) in [6.45, 7) is 4.88. The number of hydrogen-bond acceptors (Lipinski definition) is 2. The Labute approximate surface area is 315 Å². The maximum Gasteiger partial charge on any atom is 0.0440 e. The van der Waals surface area contributed by atoms with Crippen LogP contribution in [0, 0.1) is 0 Å². The van der Waals surface area contributed by atoms with Crippen molar-refractivity contribution in [2.75, 3.05) is 0 Å². The predicted octanol–water partition coefficient (Wildman–Crippen LogP) is 15.5. The van der Waals surface area contributed by atoms with E-state index in [1.807, 2.05) is 22.7 Å². The van der Waals surface area contributed by atoms with Crippen LogP contribution < -0.4 is 0 Å². The second-order valence-corrected chi connectivity index (χ2v) is 17.3. The average Bonchev–Trinajstić information content (AvgIpc) is 3.84. The fraction of sp³-hybridized carbons (Fsp3) is 0.0588. The molecule has 0 aliphatic heterocycles. The minimum atomic E-state index is -0.178. The standard InChI is InChI=1S/C51H32S2/c1-51(2)41-27-29(24-26-39(41)47-48-40-20-10-12-22-43(40)53-50(48)38-19-8-7-18-37(38)49(47)51)45-33-14-3-5-16-35(33)46(36-17-6-4-15-34(36)45)30-23-25-32-31-13-9-11-21-42(31)52-44(32)28-30/h3-28H,1-2H3. The average molecular weight is 709 g/mol. The van der Waals surface area contributed by atoms with Crippen LogP contribution in [0.1, 0.15) is 25.0 Å². The minimum absolute atomic E-state index is 0.178. The van der Waals surface area contributed by atoms with E-state index >= 15 is 0 Å². The van der Waals surface area contributed by atoms with E-state index in [1.165, 1.54) is 117 Å². The van der Waals surface area contributed by atoms with Gasteiger partial charge in [-0.15, -0.1) is 22.7 Å². The molecule has 0 saturated heterocycles. The molecule has 0 N–H and O–H groups in total. The summed E-state index contributed by atoms with van der Waals surface area (Å²) in [4.78, 5) is 0. The molecule has 0 unspecified atom stereocenters. The highest BCUT2D eigenvalue weighted by Gasteiger charge is 2.39. The fourth-order valence-corrected chi connectivity index (χ4v) is 12.2. The van der Waals surface area contributed by atoms with Crippen molar-refractivity contribution in [2.45, 2.75) is 19.3 Å². The van der Waals surface area contributed by atoms with Gasteiger partial charge in [0.2, 0.25) is 0 Å². The summed E-state index contributed by atoms with van der Waals surface area (Å²) in [6, 6.07) is 59.4. The van der Waals surface area contributed by atoms with Gasteiger partial charge < -0.3 is 0 Å². The molecule has 1 aliphatic carbocycles. The Morgan fingerprint density at radius 3 is 1.53 bits per heavy atom. The lowest BCUT2D eigenvalue weighted by atomic mass is 9.78. The van der Waals surface area contributed by atoms with Crippen LogP contribution in [0.25, 0.3) is 106 Å². The molecule has 0 radical (unpaired) electrons. The molecule has 0 nitrogen and oxygen atoms in total. The molecular formula is C51H32S2. The third-order valence-electron chi connectivity index (χ3n) is 12.0. The summed E-state index contributed by atoms with van der Waals surface area (Å²) < 4.78 is 5.43. The first-order chi connectivity index (χ1) is 26.1. The van der Waals surface area contributed by atoms with E-state index in [4.69, 9.17) is 0 Å². The van der Waals surface area contributed by atoms with E-state index < -0.39 is 0 Å². The van der Waals surface area contributed by atoms with Gasteiger partial charge in [0.05, 0.1) is 0 Å². The Morgan fingerprint density at radius 1 is 0.377 bits per heavy atom. The van der Waals surface area contributed by atoms with Crippen molar-refractivity contribution in [1.82, 2.24) is 0 Å². The third-order valence-corrected chi connectivity index (χ3v) is 14.3. The zero-order valence-electron chi connectivity index (χ0n) is 29.3. The molecule has 0 fully saturated rings. The molecule has 0 amide bonds.